The van der Waals surface area contributed by atoms with Gasteiger partial charge in [-0.15, -0.1) is 0 Å². The number of carbonyl (C=O) groups is 1. The fourth-order valence-corrected chi connectivity index (χ4v) is 2.08. The third kappa shape index (κ3) is 4.36. The van der Waals surface area contributed by atoms with Gasteiger partial charge in [0, 0.05) is 17.1 Å². The number of amides is 1. The summed E-state index contributed by atoms with van der Waals surface area (Å²) in [4.78, 5) is 11.8. The molecule has 108 valence electrons. The molecule has 2 aromatic carbocycles. The molecule has 0 saturated heterocycles. The summed E-state index contributed by atoms with van der Waals surface area (Å²) < 4.78 is 0. The molecule has 0 aromatic heterocycles. The molecule has 0 bridgehead atoms. The van der Waals surface area contributed by atoms with Gasteiger partial charge < -0.3 is 15.5 Å². The highest BCUT2D eigenvalue weighted by Gasteiger charge is 2.01. The summed E-state index contributed by atoms with van der Waals surface area (Å²) >= 11 is 3.36. The van der Waals surface area contributed by atoms with E-state index in [1.165, 1.54) is 18.2 Å². The normalized spacial score (nSPS) is 10.7. The molecule has 0 aliphatic heterocycles. The van der Waals surface area contributed by atoms with Crippen LogP contribution in [0.1, 0.15) is 11.1 Å². The maximum atomic E-state index is 11.8. The van der Waals surface area contributed by atoms with Crippen molar-refractivity contribution in [3.8, 4) is 11.5 Å². The molecular formula is C16H14BrNO3. The van der Waals surface area contributed by atoms with Crippen LogP contribution in [0.5, 0.6) is 11.5 Å². The van der Waals surface area contributed by atoms with Gasteiger partial charge in [0.15, 0.2) is 11.5 Å². The summed E-state index contributed by atoms with van der Waals surface area (Å²) in [6.45, 7) is 0. The molecule has 3 N–H and O–H groups in total. The number of alkyl halides is 1. The highest BCUT2D eigenvalue weighted by molar-refractivity contribution is 9.08. The van der Waals surface area contributed by atoms with Crippen LogP contribution in [0.25, 0.3) is 6.08 Å². The minimum Gasteiger partial charge on any atom is -0.504 e. The molecule has 0 aliphatic carbocycles. The molecule has 0 radical (unpaired) electrons. The van der Waals surface area contributed by atoms with Gasteiger partial charge in [0.05, 0.1) is 0 Å². The quantitative estimate of drug-likeness (QED) is 0.449. The average molecular weight is 348 g/mol. The Hall–Kier alpha value is -2.27. The second-order valence-corrected chi connectivity index (χ2v) is 4.97. The lowest BCUT2D eigenvalue weighted by atomic mass is 10.2. The zero-order valence-electron chi connectivity index (χ0n) is 11.1. The van der Waals surface area contributed by atoms with Gasteiger partial charge in [-0.05, 0) is 41.5 Å². The van der Waals surface area contributed by atoms with Crippen LogP contribution in [0, 0.1) is 0 Å². The molecule has 0 unspecified atom stereocenters. The summed E-state index contributed by atoms with van der Waals surface area (Å²) in [5, 5.41) is 22.1. The van der Waals surface area contributed by atoms with Crippen molar-refractivity contribution in [2.75, 3.05) is 5.32 Å². The first kappa shape index (κ1) is 15.1. The van der Waals surface area contributed by atoms with Crippen LogP contribution in [0.15, 0.2) is 48.5 Å². The Bertz CT molecular complexity index is 683. The van der Waals surface area contributed by atoms with Gasteiger partial charge in [0.2, 0.25) is 5.91 Å². The minimum atomic E-state index is -0.269. The van der Waals surface area contributed by atoms with Crippen LogP contribution in [0.3, 0.4) is 0 Å². The number of anilines is 1. The van der Waals surface area contributed by atoms with Crippen LogP contribution < -0.4 is 5.32 Å². The Morgan fingerprint density at radius 3 is 2.67 bits per heavy atom. The predicted octanol–water partition coefficient (Wildman–Crippen LogP) is 3.64. The van der Waals surface area contributed by atoms with Crippen LogP contribution >= 0.6 is 15.9 Å². The van der Waals surface area contributed by atoms with Crippen molar-refractivity contribution < 1.29 is 15.0 Å². The summed E-state index contributed by atoms with van der Waals surface area (Å²) in [6, 6.07) is 11.9. The SMILES string of the molecule is O=C(/C=C/c1ccc(O)c(O)c1)Nc1cccc(CBr)c1. The van der Waals surface area contributed by atoms with Crippen molar-refractivity contribution in [2.45, 2.75) is 5.33 Å². The number of nitrogens with one attached hydrogen (secondary N) is 1. The van der Waals surface area contributed by atoms with E-state index in [0.717, 1.165) is 16.6 Å². The number of halogens is 1. The molecule has 0 heterocycles. The average Bonchev–Trinajstić information content (AvgIpc) is 2.48. The van der Waals surface area contributed by atoms with E-state index in [2.05, 4.69) is 21.2 Å². The van der Waals surface area contributed by atoms with Gasteiger partial charge in [0.1, 0.15) is 0 Å². The van der Waals surface area contributed by atoms with Gasteiger partial charge in [-0.3, -0.25) is 4.79 Å². The first-order chi connectivity index (χ1) is 10.1. The molecular weight excluding hydrogens is 334 g/mol. The van der Waals surface area contributed by atoms with Gasteiger partial charge in [-0.1, -0.05) is 34.1 Å². The van der Waals surface area contributed by atoms with E-state index in [-0.39, 0.29) is 17.4 Å². The molecule has 2 rings (SSSR count). The van der Waals surface area contributed by atoms with Gasteiger partial charge in [0.25, 0.3) is 0 Å². The Labute approximate surface area is 130 Å². The Balaban J connectivity index is 2.03. The Kier molecular flexibility index (Phi) is 5.00. The molecule has 0 spiro atoms. The highest BCUT2D eigenvalue weighted by atomic mass is 79.9. The smallest absolute Gasteiger partial charge is 0.248 e. The van der Waals surface area contributed by atoms with Crippen LogP contribution in [-0.4, -0.2) is 16.1 Å². The van der Waals surface area contributed by atoms with E-state index in [9.17, 15) is 15.0 Å². The summed E-state index contributed by atoms with van der Waals surface area (Å²) in [7, 11) is 0. The molecule has 1 amide bonds. The number of hydrogen-bond acceptors (Lipinski definition) is 3. The highest BCUT2D eigenvalue weighted by Crippen LogP contribution is 2.25. The lowest BCUT2D eigenvalue weighted by Crippen LogP contribution is -2.07. The van der Waals surface area contributed by atoms with E-state index >= 15 is 0 Å². The zero-order valence-corrected chi connectivity index (χ0v) is 12.7. The maximum absolute atomic E-state index is 11.8. The van der Waals surface area contributed by atoms with Gasteiger partial charge in [-0.2, -0.15) is 0 Å². The molecule has 21 heavy (non-hydrogen) atoms. The number of phenolic OH excluding ortho intramolecular Hbond substituents is 2. The number of carbonyl (C=O) groups excluding carboxylic acids is 1. The molecule has 0 atom stereocenters. The molecule has 2 aromatic rings. The molecule has 5 heteroatoms. The monoisotopic (exact) mass is 347 g/mol. The number of benzene rings is 2. The largest absolute Gasteiger partial charge is 0.504 e. The lowest BCUT2D eigenvalue weighted by molar-refractivity contribution is -0.111. The molecule has 0 aliphatic rings. The van der Waals surface area contributed by atoms with E-state index in [4.69, 9.17) is 0 Å². The van der Waals surface area contributed by atoms with Crippen molar-refractivity contribution >= 4 is 33.6 Å². The third-order valence-corrected chi connectivity index (χ3v) is 3.42. The standard InChI is InChI=1S/C16H14BrNO3/c17-10-12-2-1-3-13(8-12)18-16(21)7-5-11-4-6-14(19)15(20)9-11/h1-9,19-20H,10H2,(H,18,21)/b7-5+. The predicted molar refractivity (Wildman–Crippen MR) is 86.5 cm³/mol. The number of rotatable bonds is 4. The first-order valence-corrected chi connectivity index (χ1v) is 7.36. The molecule has 0 fully saturated rings. The van der Waals surface area contributed by atoms with E-state index in [0.29, 0.717) is 5.56 Å². The van der Waals surface area contributed by atoms with Crippen LogP contribution in [-0.2, 0) is 10.1 Å². The van der Waals surface area contributed by atoms with Crippen LogP contribution in [0.4, 0.5) is 5.69 Å². The second-order valence-electron chi connectivity index (χ2n) is 4.40. The third-order valence-electron chi connectivity index (χ3n) is 2.78. The lowest BCUT2D eigenvalue weighted by Gasteiger charge is -2.04. The van der Waals surface area contributed by atoms with Gasteiger partial charge in [-0.25, -0.2) is 0 Å². The summed E-state index contributed by atoms with van der Waals surface area (Å²) in [6.07, 6.45) is 2.93. The van der Waals surface area contributed by atoms with E-state index in [1.807, 2.05) is 24.3 Å². The van der Waals surface area contributed by atoms with Crippen molar-refractivity contribution in [3.05, 3.63) is 59.7 Å². The van der Waals surface area contributed by atoms with E-state index < -0.39 is 0 Å². The summed E-state index contributed by atoms with van der Waals surface area (Å²) in [5.74, 6) is -0.681. The first-order valence-electron chi connectivity index (χ1n) is 6.24. The minimum absolute atomic E-state index is 0.191. The number of hydrogen-bond donors (Lipinski definition) is 3. The molecule has 4 nitrogen and oxygen atoms in total. The topological polar surface area (TPSA) is 69.6 Å². The molecule has 0 saturated carbocycles. The van der Waals surface area contributed by atoms with Crippen molar-refractivity contribution in [2.24, 2.45) is 0 Å². The van der Waals surface area contributed by atoms with Crippen molar-refractivity contribution in [1.29, 1.82) is 0 Å². The fraction of sp³-hybridized carbons (Fsp3) is 0.0625. The number of aromatic hydroxyl groups is 2. The van der Waals surface area contributed by atoms with Crippen molar-refractivity contribution in [1.82, 2.24) is 0 Å². The Morgan fingerprint density at radius 2 is 1.95 bits per heavy atom. The fourth-order valence-electron chi connectivity index (χ4n) is 1.73. The second kappa shape index (κ2) is 6.95. The Morgan fingerprint density at radius 1 is 1.14 bits per heavy atom. The van der Waals surface area contributed by atoms with Gasteiger partial charge >= 0.3 is 0 Å². The van der Waals surface area contributed by atoms with E-state index in [1.54, 1.807) is 12.1 Å². The number of phenols is 2. The maximum Gasteiger partial charge on any atom is 0.248 e. The van der Waals surface area contributed by atoms with Crippen molar-refractivity contribution in [3.63, 3.8) is 0 Å². The van der Waals surface area contributed by atoms with Crippen LogP contribution in [0.2, 0.25) is 0 Å². The zero-order chi connectivity index (χ0) is 15.2. The summed E-state index contributed by atoms with van der Waals surface area (Å²) in [5.41, 5.74) is 2.41.